The van der Waals surface area contributed by atoms with E-state index in [-0.39, 0.29) is 24.3 Å². The fourth-order valence-electron chi connectivity index (χ4n) is 5.47. The zero-order valence-electron chi connectivity index (χ0n) is 23.0. The van der Waals surface area contributed by atoms with Crippen LogP contribution in [0.5, 0.6) is 0 Å². The molecule has 2 unspecified atom stereocenters. The number of rotatable bonds is 10. The average molecular weight is 556 g/mol. The standard InChI is InChI=1S/C29H41N5O4S/c1-32(2)15-6-11-23-12-7-16-34(29(37)38-21-22-9-4-3-5-10-22)26(23)28(36)33-17-14-30-20-25(33)27(35)31-19-24-13-8-18-39-24/h3-5,8-10,13,18,23,25-26,30H,6-7,11-12,14-17,19-21H2,1-2H3,(H,31,35)/t23?,25-,26?/m0/s1. The molecular formula is C29H41N5O4S. The summed E-state index contributed by atoms with van der Waals surface area (Å²) in [5.41, 5.74) is 0.901. The number of benzene rings is 1. The van der Waals surface area contributed by atoms with Crippen LogP contribution in [0.4, 0.5) is 4.79 Å². The van der Waals surface area contributed by atoms with Gasteiger partial charge in [-0.25, -0.2) is 4.79 Å². The van der Waals surface area contributed by atoms with Crippen molar-refractivity contribution in [3.8, 4) is 0 Å². The van der Waals surface area contributed by atoms with Gasteiger partial charge in [0.15, 0.2) is 0 Å². The van der Waals surface area contributed by atoms with E-state index in [1.807, 2.05) is 61.9 Å². The molecule has 0 radical (unpaired) electrons. The zero-order valence-corrected chi connectivity index (χ0v) is 23.8. The normalized spacial score (nSPS) is 21.6. The van der Waals surface area contributed by atoms with Gasteiger partial charge in [-0.1, -0.05) is 36.4 Å². The highest BCUT2D eigenvalue weighted by atomic mass is 32.1. The molecule has 2 aromatic rings. The number of piperazine rings is 1. The number of likely N-dealkylation sites (tertiary alicyclic amines) is 1. The second-order valence-electron chi connectivity index (χ2n) is 10.6. The second-order valence-corrected chi connectivity index (χ2v) is 11.6. The first-order valence-electron chi connectivity index (χ1n) is 13.9. The molecule has 2 fully saturated rings. The molecule has 1 aromatic heterocycles. The lowest BCUT2D eigenvalue weighted by Gasteiger charge is -2.44. The number of hydrogen-bond acceptors (Lipinski definition) is 7. The lowest BCUT2D eigenvalue weighted by atomic mass is 9.84. The van der Waals surface area contributed by atoms with Crippen LogP contribution in [-0.4, -0.2) is 91.5 Å². The van der Waals surface area contributed by atoms with E-state index in [2.05, 4.69) is 15.5 Å². The lowest BCUT2D eigenvalue weighted by Crippen LogP contribution is -2.65. The number of amides is 3. The third kappa shape index (κ3) is 8.03. The molecule has 3 atom stereocenters. The molecule has 0 aliphatic carbocycles. The Morgan fingerprint density at radius 1 is 1.10 bits per heavy atom. The maximum Gasteiger partial charge on any atom is 0.410 e. The molecular weight excluding hydrogens is 514 g/mol. The summed E-state index contributed by atoms with van der Waals surface area (Å²) in [6.07, 6.45) is 2.99. The molecule has 10 heteroatoms. The van der Waals surface area contributed by atoms with Crippen molar-refractivity contribution in [2.24, 2.45) is 5.92 Å². The van der Waals surface area contributed by atoms with Gasteiger partial charge in [0.1, 0.15) is 18.7 Å². The molecule has 3 amide bonds. The molecule has 4 rings (SSSR count). The Labute approximate surface area is 235 Å². The van der Waals surface area contributed by atoms with Crippen LogP contribution in [0.3, 0.4) is 0 Å². The molecule has 3 heterocycles. The minimum atomic E-state index is -0.644. The van der Waals surface area contributed by atoms with Gasteiger partial charge in [-0.05, 0) is 69.3 Å². The van der Waals surface area contributed by atoms with E-state index in [0.717, 1.165) is 42.7 Å². The first-order chi connectivity index (χ1) is 18.9. The van der Waals surface area contributed by atoms with Crippen molar-refractivity contribution in [3.05, 3.63) is 58.3 Å². The molecule has 0 bridgehead atoms. The molecule has 39 heavy (non-hydrogen) atoms. The molecule has 9 nitrogen and oxygen atoms in total. The van der Waals surface area contributed by atoms with Gasteiger partial charge in [-0.15, -0.1) is 11.3 Å². The highest BCUT2D eigenvalue weighted by Gasteiger charge is 2.44. The SMILES string of the molecule is CN(C)CCCC1CCCN(C(=O)OCc2ccccc2)C1C(=O)N1CCNC[C@H]1C(=O)NCc1cccs1. The molecule has 2 saturated heterocycles. The summed E-state index contributed by atoms with van der Waals surface area (Å²) in [7, 11) is 4.08. The van der Waals surface area contributed by atoms with Crippen LogP contribution in [-0.2, 0) is 27.5 Å². The Balaban J connectivity index is 1.50. The van der Waals surface area contributed by atoms with E-state index in [9.17, 15) is 14.4 Å². The van der Waals surface area contributed by atoms with Gasteiger partial charge in [0, 0.05) is 31.1 Å². The quantitative estimate of drug-likeness (QED) is 0.468. The number of carbonyl (C=O) groups is 3. The number of hydrogen-bond donors (Lipinski definition) is 2. The van der Waals surface area contributed by atoms with Crippen molar-refractivity contribution < 1.29 is 19.1 Å². The minimum Gasteiger partial charge on any atom is -0.445 e. The number of nitrogens with zero attached hydrogens (tertiary/aromatic N) is 3. The fraction of sp³-hybridized carbons (Fsp3) is 0.552. The van der Waals surface area contributed by atoms with Crippen molar-refractivity contribution in [3.63, 3.8) is 0 Å². The van der Waals surface area contributed by atoms with Gasteiger partial charge < -0.3 is 25.2 Å². The summed E-state index contributed by atoms with van der Waals surface area (Å²) in [5, 5.41) is 8.24. The van der Waals surface area contributed by atoms with Crippen molar-refractivity contribution in [1.29, 1.82) is 0 Å². The Kier molecular flexibility index (Phi) is 10.8. The van der Waals surface area contributed by atoms with Crippen molar-refractivity contribution in [1.82, 2.24) is 25.3 Å². The number of carbonyl (C=O) groups excluding carboxylic acids is 3. The molecule has 2 N–H and O–H groups in total. The summed E-state index contributed by atoms with van der Waals surface area (Å²) < 4.78 is 5.70. The average Bonchev–Trinajstić information content (AvgIpc) is 3.48. The van der Waals surface area contributed by atoms with Crippen molar-refractivity contribution in [2.45, 2.75) is 50.9 Å². The van der Waals surface area contributed by atoms with E-state index in [4.69, 9.17) is 4.74 Å². The summed E-state index contributed by atoms with van der Waals surface area (Å²) in [6, 6.07) is 12.2. The molecule has 0 saturated carbocycles. The smallest absolute Gasteiger partial charge is 0.410 e. The van der Waals surface area contributed by atoms with Crippen LogP contribution >= 0.6 is 11.3 Å². The summed E-state index contributed by atoms with van der Waals surface area (Å²) in [6.45, 7) is 3.39. The highest BCUT2D eigenvalue weighted by molar-refractivity contribution is 7.09. The van der Waals surface area contributed by atoms with Crippen LogP contribution in [0.15, 0.2) is 47.8 Å². The third-order valence-corrected chi connectivity index (χ3v) is 8.35. The van der Waals surface area contributed by atoms with Crippen LogP contribution in [0.2, 0.25) is 0 Å². The first kappa shape index (κ1) is 29.0. The Bertz CT molecular complexity index is 1060. The van der Waals surface area contributed by atoms with Crippen molar-refractivity contribution in [2.75, 3.05) is 46.8 Å². The second kappa shape index (κ2) is 14.4. The van der Waals surface area contributed by atoms with Gasteiger partial charge in [0.25, 0.3) is 0 Å². The van der Waals surface area contributed by atoms with E-state index in [1.165, 1.54) is 0 Å². The Hall–Kier alpha value is -2.95. The summed E-state index contributed by atoms with van der Waals surface area (Å²) >= 11 is 1.59. The minimum absolute atomic E-state index is 0.0141. The Morgan fingerprint density at radius 3 is 2.67 bits per heavy atom. The van der Waals surface area contributed by atoms with E-state index < -0.39 is 18.2 Å². The number of piperidine rings is 1. The van der Waals surface area contributed by atoms with Gasteiger partial charge in [-0.2, -0.15) is 0 Å². The van der Waals surface area contributed by atoms with Gasteiger partial charge in [0.05, 0.1) is 6.54 Å². The molecule has 2 aliphatic rings. The Morgan fingerprint density at radius 2 is 1.92 bits per heavy atom. The molecule has 1 aromatic carbocycles. The van der Waals surface area contributed by atoms with Crippen LogP contribution in [0, 0.1) is 5.92 Å². The van der Waals surface area contributed by atoms with E-state index in [0.29, 0.717) is 32.7 Å². The fourth-order valence-corrected chi connectivity index (χ4v) is 6.11. The third-order valence-electron chi connectivity index (χ3n) is 7.48. The molecule has 0 spiro atoms. The predicted molar refractivity (Wildman–Crippen MR) is 152 cm³/mol. The summed E-state index contributed by atoms with van der Waals surface area (Å²) in [5.74, 6) is -0.318. The highest BCUT2D eigenvalue weighted by Crippen LogP contribution is 2.31. The van der Waals surface area contributed by atoms with Gasteiger partial charge in [-0.3, -0.25) is 14.5 Å². The largest absolute Gasteiger partial charge is 0.445 e. The van der Waals surface area contributed by atoms with E-state index in [1.54, 1.807) is 21.1 Å². The van der Waals surface area contributed by atoms with Crippen molar-refractivity contribution >= 4 is 29.2 Å². The number of nitrogens with one attached hydrogen (secondary N) is 2. The zero-order chi connectivity index (χ0) is 27.6. The van der Waals surface area contributed by atoms with Gasteiger partial charge >= 0.3 is 6.09 Å². The lowest BCUT2D eigenvalue weighted by molar-refractivity contribution is -0.148. The topological polar surface area (TPSA) is 94.2 Å². The van der Waals surface area contributed by atoms with Crippen LogP contribution < -0.4 is 10.6 Å². The molecule has 2 aliphatic heterocycles. The summed E-state index contributed by atoms with van der Waals surface area (Å²) in [4.78, 5) is 47.4. The van der Waals surface area contributed by atoms with E-state index >= 15 is 0 Å². The predicted octanol–water partition coefficient (Wildman–Crippen LogP) is 2.92. The maximum absolute atomic E-state index is 14.3. The van der Waals surface area contributed by atoms with Crippen LogP contribution in [0.25, 0.3) is 0 Å². The number of ether oxygens (including phenoxy) is 1. The van der Waals surface area contributed by atoms with Gasteiger partial charge in [0.2, 0.25) is 11.8 Å². The van der Waals surface area contributed by atoms with Crippen LogP contribution in [0.1, 0.15) is 36.1 Å². The monoisotopic (exact) mass is 555 g/mol. The maximum atomic E-state index is 14.3. The molecule has 212 valence electrons. The first-order valence-corrected chi connectivity index (χ1v) is 14.8. The number of thiophene rings is 1.